The molecule has 0 aliphatic carbocycles. The molecule has 0 unspecified atom stereocenters. The molecule has 0 radical (unpaired) electrons. The Morgan fingerprint density at radius 3 is 3.06 bits per heavy atom. The van der Waals surface area contributed by atoms with E-state index in [1.807, 2.05) is 30.5 Å². The molecule has 3 heterocycles. The van der Waals surface area contributed by atoms with Gasteiger partial charge in [-0.25, -0.2) is 4.98 Å². The molecular formula is C14H10N2O2. The first-order chi connectivity index (χ1) is 8.92. The smallest absolute Gasteiger partial charge is 0.231 e. The number of nitrogens with zero attached hydrogens (tertiary/aromatic N) is 1. The lowest BCUT2D eigenvalue weighted by molar-refractivity contribution is 0.174. The van der Waals surface area contributed by atoms with Gasteiger partial charge in [-0.3, -0.25) is 0 Å². The molecule has 0 atom stereocenters. The van der Waals surface area contributed by atoms with Crippen LogP contribution in [0.2, 0.25) is 0 Å². The minimum Gasteiger partial charge on any atom is -0.454 e. The van der Waals surface area contributed by atoms with Gasteiger partial charge in [0.15, 0.2) is 11.5 Å². The van der Waals surface area contributed by atoms with Crippen LogP contribution in [0.4, 0.5) is 0 Å². The molecule has 4 nitrogen and oxygen atoms in total. The van der Waals surface area contributed by atoms with E-state index in [4.69, 9.17) is 9.47 Å². The van der Waals surface area contributed by atoms with Gasteiger partial charge in [-0.2, -0.15) is 0 Å². The van der Waals surface area contributed by atoms with Gasteiger partial charge in [0.25, 0.3) is 0 Å². The van der Waals surface area contributed by atoms with Gasteiger partial charge in [-0.05, 0) is 29.8 Å². The third-order valence-electron chi connectivity index (χ3n) is 3.13. The Labute approximate surface area is 103 Å². The van der Waals surface area contributed by atoms with Crippen LogP contribution in [-0.2, 0) is 0 Å². The zero-order valence-corrected chi connectivity index (χ0v) is 9.51. The van der Waals surface area contributed by atoms with Gasteiger partial charge in [0.05, 0.1) is 0 Å². The highest BCUT2D eigenvalue weighted by molar-refractivity contribution is 5.93. The van der Waals surface area contributed by atoms with E-state index in [0.717, 1.165) is 33.7 Å². The molecule has 4 heteroatoms. The molecule has 3 aromatic rings. The number of H-pyrrole nitrogens is 1. The molecule has 0 amide bonds. The Kier molecular flexibility index (Phi) is 1.85. The summed E-state index contributed by atoms with van der Waals surface area (Å²) in [5, 5.41) is 1.11. The van der Waals surface area contributed by atoms with Crippen molar-refractivity contribution in [2.24, 2.45) is 0 Å². The van der Waals surface area contributed by atoms with Gasteiger partial charge in [-0.1, -0.05) is 6.07 Å². The van der Waals surface area contributed by atoms with Gasteiger partial charge in [-0.15, -0.1) is 0 Å². The van der Waals surface area contributed by atoms with Crippen molar-refractivity contribution >= 4 is 11.0 Å². The molecule has 1 aliphatic rings. The van der Waals surface area contributed by atoms with Crippen molar-refractivity contribution in [3.63, 3.8) is 0 Å². The minimum absolute atomic E-state index is 0.300. The van der Waals surface area contributed by atoms with E-state index in [2.05, 4.69) is 16.0 Å². The van der Waals surface area contributed by atoms with Crippen molar-refractivity contribution in [3.05, 3.63) is 42.7 Å². The minimum atomic E-state index is 0.300. The molecule has 0 saturated heterocycles. The predicted molar refractivity (Wildman–Crippen MR) is 67.7 cm³/mol. The summed E-state index contributed by atoms with van der Waals surface area (Å²) in [7, 11) is 0. The lowest BCUT2D eigenvalue weighted by Crippen LogP contribution is -1.92. The van der Waals surface area contributed by atoms with Crippen LogP contribution in [0.15, 0.2) is 42.7 Å². The molecule has 0 saturated carbocycles. The first-order valence-electron chi connectivity index (χ1n) is 5.74. The number of pyridine rings is 1. The molecule has 0 fully saturated rings. The average Bonchev–Trinajstić information content (AvgIpc) is 3.04. The quantitative estimate of drug-likeness (QED) is 0.709. The van der Waals surface area contributed by atoms with Crippen LogP contribution in [0.1, 0.15) is 0 Å². The molecular weight excluding hydrogens is 228 g/mol. The zero-order chi connectivity index (χ0) is 11.9. The highest BCUT2D eigenvalue weighted by atomic mass is 16.7. The normalized spacial score (nSPS) is 13.1. The van der Waals surface area contributed by atoms with Gasteiger partial charge in [0, 0.05) is 23.3 Å². The maximum Gasteiger partial charge on any atom is 0.231 e. The van der Waals surface area contributed by atoms with E-state index >= 15 is 0 Å². The summed E-state index contributed by atoms with van der Waals surface area (Å²) in [4.78, 5) is 7.46. The van der Waals surface area contributed by atoms with E-state index in [-0.39, 0.29) is 0 Å². The number of aromatic amines is 1. The summed E-state index contributed by atoms with van der Waals surface area (Å²) in [5.41, 5.74) is 3.11. The second kappa shape index (κ2) is 3.50. The molecule has 88 valence electrons. The number of rotatable bonds is 1. The first kappa shape index (κ1) is 9.53. The number of hydrogen-bond donors (Lipinski definition) is 1. The summed E-state index contributed by atoms with van der Waals surface area (Å²) in [5.74, 6) is 1.60. The second-order valence-electron chi connectivity index (χ2n) is 4.17. The molecule has 0 spiro atoms. The Balaban J connectivity index is 1.92. The van der Waals surface area contributed by atoms with Crippen LogP contribution in [0.5, 0.6) is 11.5 Å². The molecule has 1 aromatic carbocycles. The fourth-order valence-corrected chi connectivity index (χ4v) is 2.26. The van der Waals surface area contributed by atoms with Crippen LogP contribution in [0.25, 0.3) is 22.2 Å². The van der Waals surface area contributed by atoms with E-state index in [1.54, 1.807) is 6.20 Å². The maximum atomic E-state index is 5.40. The van der Waals surface area contributed by atoms with Crippen molar-refractivity contribution in [3.8, 4) is 22.6 Å². The van der Waals surface area contributed by atoms with Gasteiger partial charge in [0.2, 0.25) is 6.79 Å². The van der Waals surface area contributed by atoms with E-state index in [0.29, 0.717) is 6.79 Å². The van der Waals surface area contributed by atoms with Crippen molar-refractivity contribution in [2.45, 2.75) is 0 Å². The summed E-state index contributed by atoms with van der Waals surface area (Å²) in [6, 6.07) is 9.96. The van der Waals surface area contributed by atoms with Crippen LogP contribution in [0, 0.1) is 0 Å². The highest BCUT2D eigenvalue weighted by Gasteiger charge is 2.15. The fraction of sp³-hybridized carbons (Fsp3) is 0.0714. The summed E-state index contributed by atoms with van der Waals surface area (Å²) >= 11 is 0. The fourth-order valence-electron chi connectivity index (χ4n) is 2.26. The molecule has 1 N–H and O–H groups in total. The third-order valence-corrected chi connectivity index (χ3v) is 3.13. The van der Waals surface area contributed by atoms with E-state index < -0.39 is 0 Å². The van der Waals surface area contributed by atoms with Gasteiger partial charge in [0.1, 0.15) is 5.65 Å². The standard InChI is InChI=1S/C14H10N2O2/c1-2-10-11(7-16-14(10)15-5-1)9-3-4-12-13(6-9)18-8-17-12/h1-7H,8H2,(H,15,16). The molecule has 4 rings (SSSR count). The Hall–Kier alpha value is -2.49. The second-order valence-corrected chi connectivity index (χ2v) is 4.17. The highest BCUT2D eigenvalue weighted by Crippen LogP contribution is 2.37. The van der Waals surface area contributed by atoms with Crippen LogP contribution in [-0.4, -0.2) is 16.8 Å². The average molecular weight is 238 g/mol. The van der Waals surface area contributed by atoms with Crippen molar-refractivity contribution in [1.82, 2.24) is 9.97 Å². The number of benzene rings is 1. The topological polar surface area (TPSA) is 47.1 Å². The third kappa shape index (κ3) is 1.29. The lowest BCUT2D eigenvalue weighted by atomic mass is 10.1. The number of aromatic nitrogens is 2. The molecule has 1 aliphatic heterocycles. The largest absolute Gasteiger partial charge is 0.454 e. The molecule has 0 bridgehead atoms. The van der Waals surface area contributed by atoms with Gasteiger partial charge < -0.3 is 14.5 Å². The number of nitrogens with one attached hydrogen (secondary N) is 1. The summed E-state index contributed by atoms with van der Waals surface area (Å²) in [6.07, 6.45) is 3.75. The lowest BCUT2D eigenvalue weighted by Gasteiger charge is -2.01. The zero-order valence-electron chi connectivity index (χ0n) is 9.51. The van der Waals surface area contributed by atoms with Crippen molar-refractivity contribution < 1.29 is 9.47 Å². The van der Waals surface area contributed by atoms with Crippen LogP contribution in [0.3, 0.4) is 0 Å². The SMILES string of the molecule is c1cnc2[nH]cc(-c3ccc4c(c3)OCO4)c2c1. The number of ether oxygens (including phenoxy) is 2. The number of hydrogen-bond acceptors (Lipinski definition) is 3. The molecule has 18 heavy (non-hydrogen) atoms. The summed E-state index contributed by atoms with van der Waals surface area (Å²) in [6.45, 7) is 0.300. The van der Waals surface area contributed by atoms with Crippen molar-refractivity contribution in [1.29, 1.82) is 0 Å². The summed E-state index contributed by atoms with van der Waals surface area (Å²) < 4.78 is 10.7. The maximum absolute atomic E-state index is 5.40. The van der Waals surface area contributed by atoms with Gasteiger partial charge >= 0.3 is 0 Å². The predicted octanol–water partition coefficient (Wildman–Crippen LogP) is 2.96. The van der Waals surface area contributed by atoms with E-state index in [1.165, 1.54) is 0 Å². The Morgan fingerprint density at radius 2 is 2.06 bits per heavy atom. The van der Waals surface area contributed by atoms with Crippen LogP contribution >= 0.6 is 0 Å². The van der Waals surface area contributed by atoms with Crippen LogP contribution < -0.4 is 9.47 Å². The number of fused-ring (bicyclic) bond motifs is 2. The molecule has 2 aromatic heterocycles. The van der Waals surface area contributed by atoms with Crippen molar-refractivity contribution in [2.75, 3.05) is 6.79 Å². The van der Waals surface area contributed by atoms with E-state index in [9.17, 15) is 0 Å². The first-order valence-corrected chi connectivity index (χ1v) is 5.74. The Morgan fingerprint density at radius 1 is 1.11 bits per heavy atom. The monoisotopic (exact) mass is 238 g/mol. The Bertz CT molecular complexity index is 733.